The molecule has 0 aliphatic carbocycles. The molecule has 1 N–H and O–H groups in total. The molecule has 2 aromatic heterocycles. The van der Waals surface area contributed by atoms with Crippen molar-refractivity contribution in [2.75, 3.05) is 7.11 Å². The summed E-state index contributed by atoms with van der Waals surface area (Å²) in [5.74, 6) is 0.569. The summed E-state index contributed by atoms with van der Waals surface area (Å²) in [5, 5.41) is 16.8. The number of hydrogen-bond acceptors (Lipinski definition) is 6. The zero-order valence-corrected chi connectivity index (χ0v) is 15.2. The molecule has 0 aliphatic heterocycles. The molecule has 0 fully saturated rings. The largest absolute Gasteiger partial charge is 0.493 e. The predicted molar refractivity (Wildman–Crippen MR) is 102 cm³/mol. The molecular weight excluding hydrogens is 372 g/mol. The second kappa shape index (κ2) is 6.82. The molecule has 26 heavy (non-hydrogen) atoms. The van der Waals surface area contributed by atoms with Crippen LogP contribution < -0.4 is 10.3 Å². The number of methoxy groups -OCH3 is 1. The summed E-state index contributed by atoms with van der Waals surface area (Å²) in [4.78, 5) is 4.65. The number of aromatic nitrogens is 1. The SMILES string of the molecule is COc1cccc2cc(-c3nc(-c4ccc(Cl)cc4)cs3)/c(=N\O)oc12. The molecule has 130 valence electrons. The standard InChI is InChI=1S/C19H13ClN2O3S/c1-24-16-4-2-3-12-9-14(18(22-23)25-17(12)16)19-21-15(10-26-19)11-5-7-13(20)8-6-11/h2-10,23H,1H3/b22-18+. The highest BCUT2D eigenvalue weighted by Gasteiger charge is 2.14. The Labute approximate surface area is 157 Å². The number of nitrogens with zero attached hydrogens (tertiary/aromatic N) is 2. The zero-order valence-electron chi connectivity index (χ0n) is 13.6. The Morgan fingerprint density at radius 1 is 1.19 bits per heavy atom. The maximum absolute atomic E-state index is 9.41. The zero-order chi connectivity index (χ0) is 18.1. The minimum Gasteiger partial charge on any atom is -0.493 e. The molecule has 0 radical (unpaired) electrons. The van der Waals surface area contributed by atoms with Crippen LogP contribution in [0.2, 0.25) is 5.02 Å². The Morgan fingerprint density at radius 2 is 2.00 bits per heavy atom. The van der Waals surface area contributed by atoms with Crippen LogP contribution in [0.4, 0.5) is 0 Å². The van der Waals surface area contributed by atoms with Gasteiger partial charge in [-0.1, -0.05) is 35.9 Å². The molecule has 5 nitrogen and oxygen atoms in total. The molecule has 2 aromatic carbocycles. The van der Waals surface area contributed by atoms with E-state index >= 15 is 0 Å². The van der Waals surface area contributed by atoms with Crippen molar-refractivity contribution in [1.29, 1.82) is 0 Å². The van der Waals surface area contributed by atoms with Crippen molar-refractivity contribution in [2.45, 2.75) is 0 Å². The van der Waals surface area contributed by atoms with Crippen LogP contribution in [0, 0.1) is 0 Å². The van der Waals surface area contributed by atoms with Crippen LogP contribution in [-0.4, -0.2) is 17.3 Å². The van der Waals surface area contributed by atoms with Crippen molar-refractivity contribution in [3.8, 4) is 27.6 Å². The van der Waals surface area contributed by atoms with Crippen LogP contribution in [0.15, 0.2) is 63.5 Å². The number of rotatable bonds is 3. The fraction of sp³-hybridized carbons (Fsp3) is 0.0526. The number of benzene rings is 2. The van der Waals surface area contributed by atoms with Crippen LogP contribution >= 0.6 is 22.9 Å². The minimum atomic E-state index is 0.0824. The van der Waals surface area contributed by atoms with E-state index in [1.165, 1.54) is 11.3 Å². The summed E-state index contributed by atoms with van der Waals surface area (Å²) in [5.41, 5.74) is 2.98. The van der Waals surface area contributed by atoms with Crippen LogP contribution in [0.5, 0.6) is 5.75 Å². The fourth-order valence-electron chi connectivity index (χ4n) is 2.66. The van der Waals surface area contributed by atoms with Gasteiger partial charge < -0.3 is 14.4 Å². The van der Waals surface area contributed by atoms with Crippen LogP contribution in [-0.2, 0) is 0 Å². The molecule has 4 aromatic rings. The highest BCUT2D eigenvalue weighted by Crippen LogP contribution is 2.31. The van der Waals surface area contributed by atoms with Gasteiger partial charge in [-0.25, -0.2) is 4.98 Å². The summed E-state index contributed by atoms with van der Waals surface area (Å²) in [7, 11) is 1.56. The fourth-order valence-corrected chi connectivity index (χ4v) is 3.63. The second-order valence-corrected chi connectivity index (χ2v) is 6.78. The third kappa shape index (κ3) is 2.94. The molecule has 0 atom stereocenters. The number of thiazole rings is 1. The number of hydrogen-bond donors (Lipinski definition) is 1. The molecule has 2 heterocycles. The van der Waals surface area contributed by atoms with Gasteiger partial charge in [0.05, 0.1) is 18.4 Å². The van der Waals surface area contributed by atoms with Gasteiger partial charge in [0.15, 0.2) is 11.3 Å². The smallest absolute Gasteiger partial charge is 0.266 e. The summed E-state index contributed by atoms with van der Waals surface area (Å²) < 4.78 is 11.1. The van der Waals surface area contributed by atoms with E-state index in [9.17, 15) is 5.21 Å². The Balaban J connectivity index is 1.85. The van der Waals surface area contributed by atoms with E-state index in [0.29, 0.717) is 26.9 Å². The van der Waals surface area contributed by atoms with E-state index in [2.05, 4.69) is 10.1 Å². The Bertz CT molecular complexity index is 1150. The Hall–Kier alpha value is -2.83. The second-order valence-electron chi connectivity index (χ2n) is 5.49. The number of para-hydroxylation sites is 1. The molecule has 7 heteroatoms. The summed E-state index contributed by atoms with van der Waals surface area (Å²) in [6.45, 7) is 0. The van der Waals surface area contributed by atoms with Gasteiger partial charge in [0, 0.05) is 21.4 Å². The minimum absolute atomic E-state index is 0.0824. The average Bonchev–Trinajstić information content (AvgIpc) is 3.17. The highest BCUT2D eigenvalue weighted by atomic mass is 35.5. The lowest BCUT2D eigenvalue weighted by Crippen LogP contribution is -2.06. The third-order valence-electron chi connectivity index (χ3n) is 3.92. The average molecular weight is 385 g/mol. The Kier molecular flexibility index (Phi) is 4.36. The van der Waals surface area contributed by atoms with E-state index in [4.69, 9.17) is 20.8 Å². The van der Waals surface area contributed by atoms with Gasteiger partial charge in [0.25, 0.3) is 5.55 Å². The van der Waals surface area contributed by atoms with E-state index in [-0.39, 0.29) is 5.55 Å². The van der Waals surface area contributed by atoms with Crippen molar-refractivity contribution in [3.05, 3.63) is 64.5 Å². The molecule has 0 spiro atoms. The summed E-state index contributed by atoms with van der Waals surface area (Å²) >= 11 is 7.38. The van der Waals surface area contributed by atoms with Crippen LogP contribution in [0.1, 0.15) is 0 Å². The van der Waals surface area contributed by atoms with Gasteiger partial charge in [-0.2, -0.15) is 0 Å². The first-order valence-corrected chi connectivity index (χ1v) is 8.96. The molecule has 0 amide bonds. The number of fused-ring (bicyclic) bond motifs is 1. The van der Waals surface area contributed by atoms with Gasteiger partial charge in [-0.05, 0) is 29.4 Å². The van der Waals surface area contributed by atoms with Gasteiger partial charge in [-0.3, -0.25) is 0 Å². The van der Waals surface area contributed by atoms with E-state index in [1.807, 2.05) is 47.8 Å². The van der Waals surface area contributed by atoms with E-state index in [1.54, 1.807) is 13.2 Å². The summed E-state index contributed by atoms with van der Waals surface area (Å²) in [6.07, 6.45) is 0. The lowest BCUT2D eigenvalue weighted by atomic mass is 10.1. The van der Waals surface area contributed by atoms with Crippen LogP contribution in [0.3, 0.4) is 0 Å². The lowest BCUT2D eigenvalue weighted by Gasteiger charge is -2.05. The quantitative estimate of drug-likeness (QED) is 0.390. The van der Waals surface area contributed by atoms with Gasteiger partial charge in [0.1, 0.15) is 5.01 Å². The highest BCUT2D eigenvalue weighted by molar-refractivity contribution is 7.13. The first kappa shape index (κ1) is 16.6. The van der Waals surface area contributed by atoms with E-state index < -0.39 is 0 Å². The van der Waals surface area contributed by atoms with E-state index in [0.717, 1.165) is 16.6 Å². The van der Waals surface area contributed by atoms with Gasteiger partial charge >= 0.3 is 0 Å². The van der Waals surface area contributed by atoms with Gasteiger partial charge in [-0.15, -0.1) is 11.3 Å². The number of ether oxygens (including phenoxy) is 1. The van der Waals surface area contributed by atoms with Crippen molar-refractivity contribution >= 4 is 33.9 Å². The van der Waals surface area contributed by atoms with Crippen molar-refractivity contribution < 1.29 is 14.4 Å². The van der Waals surface area contributed by atoms with Gasteiger partial charge in [0.2, 0.25) is 0 Å². The summed E-state index contributed by atoms with van der Waals surface area (Å²) in [6, 6.07) is 14.9. The molecular formula is C19H13ClN2O3S. The molecule has 0 bridgehead atoms. The first-order chi connectivity index (χ1) is 12.7. The normalized spacial score (nSPS) is 11.8. The Morgan fingerprint density at radius 3 is 2.73 bits per heavy atom. The predicted octanol–water partition coefficient (Wildman–Crippen LogP) is 5.18. The molecule has 0 saturated carbocycles. The molecule has 4 rings (SSSR count). The monoisotopic (exact) mass is 384 g/mol. The van der Waals surface area contributed by atoms with Crippen molar-refractivity contribution in [2.24, 2.45) is 5.16 Å². The first-order valence-electron chi connectivity index (χ1n) is 7.70. The molecule has 0 unspecified atom stereocenters. The maximum atomic E-state index is 9.41. The van der Waals surface area contributed by atoms with Crippen LogP contribution in [0.25, 0.3) is 32.8 Å². The third-order valence-corrected chi connectivity index (χ3v) is 5.05. The number of halogens is 1. The van der Waals surface area contributed by atoms with Crippen molar-refractivity contribution in [1.82, 2.24) is 4.98 Å². The molecule has 0 saturated heterocycles. The van der Waals surface area contributed by atoms with Crippen molar-refractivity contribution in [3.63, 3.8) is 0 Å². The molecule has 0 aliphatic rings. The maximum Gasteiger partial charge on any atom is 0.266 e. The lowest BCUT2D eigenvalue weighted by molar-refractivity contribution is 0.276. The topological polar surface area (TPSA) is 67.9 Å².